The van der Waals surface area contributed by atoms with Gasteiger partial charge in [0.2, 0.25) is 0 Å². The highest BCUT2D eigenvalue weighted by atomic mass is 16.3. The molecule has 11 aromatic rings. The number of hydrogen-bond donors (Lipinski definition) is 0. The van der Waals surface area contributed by atoms with Gasteiger partial charge in [-0.3, -0.25) is 0 Å². The van der Waals surface area contributed by atoms with Crippen LogP contribution in [-0.4, -0.2) is 0 Å². The summed E-state index contributed by atoms with van der Waals surface area (Å²) in [5.74, 6) is 0. The van der Waals surface area contributed by atoms with Crippen LogP contribution in [0.15, 0.2) is 242 Å². The van der Waals surface area contributed by atoms with Crippen LogP contribution in [0.5, 0.6) is 0 Å². The number of rotatable bonds is 7. The zero-order valence-corrected chi connectivity index (χ0v) is 35.6. The van der Waals surface area contributed by atoms with E-state index in [2.05, 4.69) is 230 Å². The van der Waals surface area contributed by atoms with Crippen LogP contribution >= 0.6 is 0 Å². The topological polar surface area (TPSA) is 16.4 Å². The normalized spacial score (nSPS) is 14.3. The maximum absolute atomic E-state index is 6.18. The molecule has 0 radical (unpaired) electrons. The molecule has 0 aliphatic heterocycles. The number of nitrogens with zero attached hydrogens (tertiary/aromatic N) is 1. The first kappa shape index (κ1) is 37.1. The zero-order chi connectivity index (χ0) is 43.1. The number of anilines is 3. The molecule has 1 unspecified atom stereocenters. The molecule has 2 aliphatic carbocycles. The van der Waals surface area contributed by atoms with Crippen LogP contribution in [-0.2, 0) is 5.41 Å². The third-order valence-corrected chi connectivity index (χ3v) is 13.9. The van der Waals surface area contributed by atoms with Crippen LogP contribution in [0, 0.1) is 0 Å². The monoisotopic (exact) mass is 827 g/mol. The summed E-state index contributed by atoms with van der Waals surface area (Å²) in [5, 5.41) is 2.26. The van der Waals surface area contributed by atoms with Gasteiger partial charge in [-0.1, -0.05) is 176 Å². The van der Waals surface area contributed by atoms with Crippen molar-refractivity contribution in [1.82, 2.24) is 0 Å². The molecule has 65 heavy (non-hydrogen) atoms. The van der Waals surface area contributed by atoms with Gasteiger partial charge >= 0.3 is 0 Å². The Morgan fingerprint density at radius 2 is 0.831 bits per heavy atom. The Kier molecular flexibility index (Phi) is 8.31. The molecule has 2 heteroatoms. The average molecular weight is 828 g/mol. The van der Waals surface area contributed by atoms with Crippen molar-refractivity contribution in [2.45, 2.75) is 5.41 Å². The molecular weight excluding hydrogens is 787 g/mol. The summed E-state index contributed by atoms with van der Waals surface area (Å²) in [6.07, 6.45) is 1.93. The molecule has 0 bridgehead atoms. The fourth-order valence-corrected chi connectivity index (χ4v) is 10.9. The van der Waals surface area contributed by atoms with Crippen molar-refractivity contribution in [2.24, 2.45) is 0 Å². The Hall–Kier alpha value is -8.46. The van der Waals surface area contributed by atoms with E-state index in [1.165, 1.54) is 66.8 Å². The Labute approximate surface area is 378 Å². The highest BCUT2D eigenvalue weighted by Crippen LogP contribution is 2.63. The Morgan fingerprint density at radius 3 is 1.55 bits per heavy atom. The van der Waals surface area contributed by atoms with Gasteiger partial charge < -0.3 is 9.32 Å². The average Bonchev–Trinajstić information content (AvgIpc) is 4.00. The molecule has 0 fully saturated rings. The minimum absolute atomic E-state index is 0.525. The molecule has 2 aliphatic rings. The van der Waals surface area contributed by atoms with E-state index in [0.29, 0.717) is 0 Å². The van der Waals surface area contributed by atoms with Gasteiger partial charge in [-0.25, -0.2) is 0 Å². The lowest BCUT2D eigenvalue weighted by atomic mass is 9.70. The highest BCUT2D eigenvalue weighted by Gasteiger charge is 2.52. The quantitative estimate of drug-likeness (QED) is 0.159. The molecule has 0 N–H and O–H groups in total. The molecule has 0 saturated heterocycles. The number of fused-ring (bicyclic) bond motifs is 13. The number of para-hydroxylation sites is 1. The van der Waals surface area contributed by atoms with Crippen LogP contribution in [0.3, 0.4) is 0 Å². The van der Waals surface area contributed by atoms with Gasteiger partial charge in [0.05, 0.1) is 5.41 Å². The second kappa shape index (κ2) is 14.6. The standard InChI is InChI=1S/C63H41NO/c1-2-41-13-12-16-45(37-41)47-27-34-53-51-17-6-9-20-57(51)63(59(53)39-47)58-21-10-7-18-52(58)54-35-33-50(40-60(54)63)64(48-29-23-43(24-30-48)42-14-4-3-5-15-42)49-31-25-44(26-32-49)46-28-36-62-56(38-46)55-19-8-11-22-61(55)65-62/h2-40H,1H2. The van der Waals surface area contributed by atoms with E-state index in [4.69, 9.17) is 4.42 Å². The molecule has 1 spiro atoms. The Morgan fingerprint density at radius 1 is 0.338 bits per heavy atom. The molecule has 0 amide bonds. The van der Waals surface area contributed by atoms with Gasteiger partial charge in [0.25, 0.3) is 0 Å². The smallest absolute Gasteiger partial charge is 0.135 e. The fraction of sp³-hybridized carbons (Fsp3) is 0.0159. The predicted octanol–water partition coefficient (Wildman–Crippen LogP) is 17.0. The first-order valence-electron chi connectivity index (χ1n) is 22.3. The lowest BCUT2D eigenvalue weighted by Crippen LogP contribution is -2.26. The van der Waals surface area contributed by atoms with E-state index in [-0.39, 0.29) is 0 Å². The molecule has 1 heterocycles. The largest absolute Gasteiger partial charge is 0.456 e. The molecule has 0 saturated carbocycles. The first-order chi connectivity index (χ1) is 32.2. The minimum Gasteiger partial charge on any atom is -0.456 e. The molecule has 2 nitrogen and oxygen atoms in total. The van der Waals surface area contributed by atoms with Crippen molar-refractivity contribution in [1.29, 1.82) is 0 Å². The van der Waals surface area contributed by atoms with E-state index in [1.54, 1.807) is 0 Å². The summed E-state index contributed by atoms with van der Waals surface area (Å²) in [6.45, 7) is 4.07. The summed E-state index contributed by atoms with van der Waals surface area (Å²) in [4.78, 5) is 2.42. The SMILES string of the molecule is C=Cc1cccc(-c2ccc3c(c2)C2(c4ccccc4-3)c3ccccc3-c3ccc(N(c4ccc(-c5ccccc5)cc4)c4ccc(-c5ccc6oc7ccccc7c6c5)cc4)cc32)c1. The van der Waals surface area contributed by atoms with Gasteiger partial charge in [0, 0.05) is 27.8 Å². The maximum atomic E-state index is 6.18. The number of hydrogen-bond acceptors (Lipinski definition) is 2. The summed E-state index contributed by atoms with van der Waals surface area (Å²) in [7, 11) is 0. The second-order valence-electron chi connectivity index (χ2n) is 17.3. The van der Waals surface area contributed by atoms with Gasteiger partial charge in [-0.05, 0) is 150 Å². The minimum atomic E-state index is -0.525. The van der Waals surface area contributed by atoms with Crippen LogP contribution in [0.2, 0.25) is 0 Å². The van der Waals surface area contributed by atoms with E-state index in [9.17, 15) is 0 Å². The molecule has 13 rings (SSSR count). The first-order valence-corrected chi connectivity index (χ1v) is 22.3. The lowest BCUT2D eigenvalue weighted by molar-refractivity contribution is 0.669. The second-order valence-corrected chi connectivity index (χ2v) is 17.3. The third kappa shape index (κ3) is 5.67. The predicted molar refractivity (Wildman–Crippen MR) is 271 cm³/mol. The van der Waals surface area contributed by atoms with Crippen molar-refractivity contribution < 1.29 is 4.42 Å². The molecule has 1 aromatic heterocycles. The van der Waals surface area contributed by atoms with Crippen LogP contribution < -0.4 is 4.90 Å². The molecule has 304 valence electrons. The fourth-order valence-electron chi connectivity index (χ4n) is 10.9. The van der Waals surface area contributed by atoms with Crippen LogP contribution in [0.1, 0.15) is 27.8 Å². The van der Waals surface area contributed by atoms with E-state index in [1.807, 2.05) is 18.2 Å². The van der Waals surface area contributed by atoms with Crippen molar-refractivity contribution in [3.8, 4) is 55.6 Å². The molecular formula is C63H41NO. The summed E-state index contributed by atoms with van der Waals surface area (Å²) >= 11 is 0. The summed E-state index contributed by atoms with van der Waals surface area (Å²) in [6, 6.07) is 84.5. The Balaban J connectivity index is 0.997. The molecule has 10 aromatic carbocycles. The third-order valence-electron chi connectivity index (χ3n) is 13.9. The molecule has 1 atom stereocenters. The van der Waals surface area contributed by atoms with Gasteiger partial charge in [-0.15, -0.1) is 0 Å². The maximum Gasteiger partial charge on any atom is 0.135 e. The Bertz CT molecular complexity index is 3660. The van der Waals surface area contributed by atoms with Gasteiger partial charge in [-0.2, -0.15) is 0 Å². The van der Waals surface area contributed by atoms with Crippen LogP contribution in [0.4, 0.5) is 17.1 Å². The van der Waals surface area contributed by atoms with E-state index < -0.39 is 5.41 Å². The van der Waals surface area contributed by atoms with Crippen LogP contribution in [0.25, 0.3) is 83.6 Å². The van der Waals surface area contributed by atoms with Crippen molar-refractivity contribution >= 4 is 45.1 Å². The zero-order valence-electron chi connectivity index (χ0n) is 35.6. The van der Waals surface area contributed by atoms with Crippen molar-refractivity contribution in [3.05, 3.63) is 265 Å². The highest BCUT2D eigenvalue weighted by molar-refractivity contribution is 6.06. The lowest BCUT2D eigenvalue weighted by Gasteiger charge is -2.32. The van der Waals surface area contributed by atoms with E-state index in [0.717, 1.165) is 55.7 Å². The number of furan rings is 1. The summed E-state index contributed by atoms with van der Waals surface area (Å²) < 4.78 is 6.18. The van der Waals surface area contributed by atoms with Gasteiger partial charge in [0.1, 0.15) is 11.2 Å². The summed E-state index contributed by atoms with van der Waals surface area (Å²) in [5.41, 5.74) is 23.1. The van der Waals surface area contributed by atoms with E-state index >= 15 is 0 Å². The number of benzene rings is 10. The van der Waals surface area contributed by atoms with Crippen molar-refractivity contribution in [2.75, 3.05) is 4.90 Å². The van der Waals surface area contributed by atoms with Gasteiger partial charge in [0.15, 0.2) is 0 Å². The van der Waals surface area contributed by atoms with Crippen molar-refractivity contribution in [3.63, 3.8) is 0 Å².